The molecule has 0 atom stereocenters. The summed E-state index contributed by atoms with van der Waals surface area (Å²) in [6.45, 7) is 0. The molecule has 1 N–H and O–H groups in total. The molecule has 0 unspecified atom stereocenters. The van der Waals surface area contributed by atoms with Gasteiger partial charge in [-0.2, -0.15) is 0 Å². The number of halogens is 2. The number of anilines is 1. The number of hydrogen-bond acceptors (Lipinski definition) is 2. The topological polar surface area (TPSA) is 42.0 Å². The van der Waals surface area contributed by atoms with E-state index in [1.165, 1.54) is 6.08 Å². The van der Waals surface area contributed by atoms with E-state index in [4.69, 9.17) is 23.2 Å². The van der Waals surface area contributed by atoms with Crippen molar-refractivity contribution in [2.24, 2.45) is 0 Å². The van der Waals surface area contributed by atoms with Crippen LogP contribution in [0, 0.1) is 0 Å². The summed E-state index contributed by atoms with van der Waals surface area (Å²) in [6.07, 6.45) is 4.67. The van der Waals surface area contributed by atoms with Crippen molar-refractivity contribution in [3.05, 3.63) is 64.4 Å². The largest absolute Gasteiger partial charge is 0.320 e. The third kappa shape index (κ3) is 4.09. The molecule has 2 aromatic rings. The second kappa shape index (κ2) is 6.36. The Morgan fingerprint density at radius 1 is 1.16 bits per heavy atom. The molecular weight excluding hydrogens is 283 g/mol. The highest BCUT2D eigenvalue weighted by atomic mass is 35.5. The summed E-state index contributed by atoms with van der Waals surface area (Å²) in [7, 11) is 0. The Bertz CT molecular complexity index is 609. The number of amides is 1. The zero-order valence-electron chi connectivity index (χ0n) is 9.81. The molecule has 1 heterocycles. The van der Waals surface area contributed by atoms with Gasteiger partial charge in [-0.1, -0.05) is 35.3 Å². The average Bonchev–Trinajstić information content (AvgIpc) is 2.41. The van der Waals surface area contributed by atoms with E-state index in [-0.39, 0.29) is 11.1 Å². The summed E-state index contributed by atoms with van der Waals surface area (Å²) in [5.74, 6) is -0.273. The maximum absolute atomic E-state index is 11.7. The quantitative estimate of drug-likeness (QED) is 0.685. The van der Waals surface area contributed by atoms with E-state index in [1.807, 2.05) is 12.1 Å². The third-order valence-electron chi connectivity index (χ3n) is 2.31. The lowest BCUT2D eigenvalue weighted by atomic mass is 10.2. The van der Waals surface area contributed by atoms with Gasteiger partial charge in [0.05, 0.1) is 5.69 Å². The molecule has 0 fully saturated rings. The first-order valence-electron chi connectivity index (χ1n) is 5.50. The lowest BCUT2D eigenvalue weighted by Gasteiger charge is -2.02. The molecule has 1 aromatic heterocycles. The van der Waals surface area contributed by atoms with Crippen LogP contribution in [0.1, 0.15) is 5.56 Å². The molecule has 2 rings (SSSR count). The maximum atomic E-state index is 11.7. The number of hydrogen-bond donors (Lipinski definition) is 1. The van der Waals surface area contributed by atoms with E-state index in [1.54, 1.807) is 36.5 Å². The summed E-state index contributed by atoms with van der Waals surface area (Å²) in [5.41, 5.74) is 1.37. The molecule has 3 nitrogen and oxygen atoms in total. The first kappa shape index (κ1) is 13.6. The van der Waals surface area contributed by atoms with Crippen LogP contribution in [0.2, 0.25) is 10.2 Å². The second-order valence-electron chi connectivity index (χ2n) is 3.72. The molecule has 0 saturated heterocycles. The molecule has 96 valence electrons. The Morgan fingerprint density at radius 2 is 1.89 bits per heavy atom. The molecule has 0 aliphatic carbocycles. The van der Waals surface area contributed by atoms with Gasteiger partial charge in [-0.25, -0.2) is 4.98 Å². The van der Waals surface area contributed by atoms with Gasteiger partial charge >= 0.3 is 0 Å². The molecule has 0 radical (unpaired) electrons. The second-order valence-corrected chi connectivity index (χ2v) is 4.51. The number of pyridine rings is 1. The highest BCUT2D eigenvalue weighted by Gasteiger charge is 2.02. The van der Waals surface area contributed by atoms with Gasteiger partial charge in [0, 0.05) is 17.3 Å². The van der Waals surface area contributed by atoms with Crippen molar-refractivity contribution in [1.29, 1.82) is 0 Å². The molecule has 19 heavy (non-hydrogen) atoms. The minimum absolute atomic E-state index is 0.260. The summed E-state index contributed by atoms with van der Waals surface area (Å²) in [5, 5.41) is 3.56. The molecule has 0 bridgehead atoms. The number of benzene rings is 1. The fourth-order valence-corrected chi connectivity index (χ4v) is 1.69. The predicted molar refractivity (Wildman–Crippen MR) is 78.4 cm³/mol. The lowest BCUT2D eigenvalue weighted by molar-refractivity contribution is -0.111. The van der Waals surface area contributed by atoms with E-state index in [0.29, 0.717) is 10.7 Å². The van der Waals surface area contributed by atoms with E-state index in [0.717, 1.165) is 5.56 Å². The normalized spacial score (nSPS) is 10.6. The van der Waals surface area contributed by atoms with Crippen molar-refractivity contribution in [3.63, 3.8) is 0 Å². The van der Waals surface area contributed by atoms with Crippen molar-refractivity contribution in [3.8, 4) is 0 Å². The first-order valence-corrected chi connectivity index (χ1v) is 6.26. The molecule has 5 heteroatoms. The number of rotatable bonds is 3. The number of aromatic nitrogens is 1. The maximum Gasteiger partial charge on any atom is 0.248 e. The van der Waals surface area contributed by atoms with Crippen molar-refractivity contribution in [2.45, 2.75) is 0 Å². The van der Waals surface area contributed by atoms with Crippen LogP contribution in [0.3, 0.4) is 0 Å². The van der Waals surface area contributed by atoms with Gasteiger partial charge in [0.2, 0.25) is 5.91 Å². The van der Waals surface area contributed by atoms with Crippen molar-refractivity contribution >= 4 is 40.9 Å². The SMILES string of the molecule is O=C(/C=C/c1ccc(Cl)cc1)Nc1cccnc1Cl. The highest BCUT2D eigenvalue weighted by Crippen LogP contribution is 2.17. The number of carbonyl (C=O) groups excluding carboxylic acids is 1. The smallest absolute Gasteiger partial charge is 0.248 e. The van der Waals surface area contributed by atoms with Crippen molar-refractivity contribution in [2.75, 3.05) is 5.32 Å². The molecule has 0 spiro atoms. The molecule has 0 saturated carbocycles. The molecule has 1 amide bonds. The summed E-state index contributed by atoms with van der Waals surface area (Å²) >= 11 is 11.6. The van der Waals surface area contributed by atoms with Gasteiger partial charge in [-0.3, -0.25) is 4.79 Å². The summed E-state index contributed by atoms with van der Waals surface area (Å²) in [6, 6.07) is 10.5. The van der Waals surface area contributed by atoms with Crippen molar-refractivity contribution < 1.29 is 4.79 Å². The van der Waals surface area contributed by atoms with E-state index >= 15 is 0 Å². The van der Waals surface area contributed by atoms with Gasteiger partial charge in [0.25, 0.3) is 0 Å². The Kier molecular flexibility index (Phi) is 4.55. The minimum atomic E-state index is -0.273. The van der Waals surface area contributed by atoms with Crippen LogP contribution in [-0.4, -0.2) is 10.9 Å². The van der Waals surface area contributed by atoms with Crippen LogP contribution in [0.15, 0.2) is 48.7 Å². The van der Waals surface area contributed by atoms with Crippen molar-refractivity contribution in [1.82, 2.24) is 4.98 Å². The van der Waals surface area contributed by atoms with Crippen LogP contribution in [0.25, 0.3) is 6.08 Å². The first-order chi connectivity index (χ1) is 9.15. The zero-order valence-corrected chi connectivity index (χ0v) is 11.3. The van der Waals surface area contributed by atoms with E-state index in [9.17, 15) is 4.79 Å². The molecule has 0 aliphatic heterocycles. The summed E-state index contributed by atoms with van der Waals surface area (Å²) in [4.78, 5) is 15.6. The Hall–Kier alpha value is -1.84. The fourth-order valence-electron chi connectivity index (χ4n) is 1.40. The monoisotopic (exact) mass is 292 g/mol. The average molecular weight is 293 g/mol. The Balaban J connectivity index is 2.02. The molecule has 0 aliphatic rings. The zero-order chi connectivity index (χ0) is 13.7. The number of nitrogens with zero attached hydrogens (tertiary/aromatic N) is 1. The number of carbonyl (C=O) groups is 1. The van der Waals surface area contributed by atoms with Crippen LogP contribution in [0.4, 0.5) is 5.69 Å². The van der Waals surface area contributed by atoms with Crippen LogP contribution >= 0.6 is 23.2 Å². The predicted octanol–water partition coefficient (Wildman–Crippen LogP) is 4.04. The van der Waals surface area contributed by atoms with E-state index < -0.39 is 0 Å². The standard InChI is InChI=1S/C14H10Cl2N2O/c15-11-6-3-10(4-7-11)5-8-13(19)18-12-2-1-9-17-14(12)16/h1-9H,(H,18,19)/b8-5+. The fraction of sp³-hybridized carbons (Fsp3) is 0. The van der Waals surface area contributed by atoms with Gasteiger partial charge in [-0.05, 0) is 35.9 Å². The molecular formula is C14H10Cl2N2O. The third-order valence-corrected chi connectivity index (χ3v) is 2.87. The van der Waals surface area contributed by atoms with Crippen LogP contribution in [-0.2, 0) is 4.79 Å². The molecule has 1 aromatic carbocycles. The van der Waals surface area contributed by atoms with Gasteiger partial charge in [-0.15, -0.1) is 0 Å². The van der Waals surface area contributed by atoms with Crippen LogP contribution in [0.5, 0.6) is 0 Å². The summed E-state index contributed by atoms with van der Waals surface area (Å²) < 4.78 is 0. The van der Waals surface area contributed by atoms with E-state index in [2.05, 4.69) is 10.3 Å². The number of nitrogens with one attached hydrogen (secondary N) is 1. The Morgan fingerprint density at radius 3 is 2.58 bits per heavy atom. The highest BCUT2D eigenvalue weighted by molar-refractivity contribution is 6.32. The van der Waals surface area contributed by atoms with Gasteiger partial charge < -0.3 is 5.32 Å². The van der Waals surface area contributed by atoms with Gasteiger partial charge in [0.1, 0.15) is 0 Å². The Labute approximate surface area is 120 Å². The minimum Gasteiger partial charge on any atom is -0.320 e. The lowest BCUT2D eigenvalue weighted by Crippen LogP contribution is -2.08. The van der Waals surface area contributed by atoms with Gasteiger partial charge in [0.15, 0.2) is 5.15 Å². The van der Waals surface area contributed by atoms with Crippen LogP contribution < -0.4 is 5.32 Å².